The van der Waals surface area contributed by atoms with E-state index >= 15 is 0 Å². The van der Waals surface area contributed by atoms with Crippen molar-refractivity contribution in [2.24, 2.45) is 0 Å². The Labute approximate surface area is 120 Å². The first kappa shape index (κ1) is 17.0. The van der Waals surface area contributed by atoms with E-state index in [-0.39, 0.29) is 16.3 Å². The van der Waals surface area contributed by atoms with Crippen LogP contribution in [-0.2, 0) is 0 Å². The number of carboxylic acids is 1. The number of urea groups is 1. The molecule has 1 aromatic rings. The first-order valence-electron chi connectivity index (χ1n) is 5.37. The number of anilines is 1. The van der Waals surface area contributed by atoms with E-state index in [4.69, 9.17) is 16.7 Å². The molecule has 10 heteroatoms. The molecule has 21 heavy (non-hydrogen) atoms. The average Bonchev–Trinajstić information content (AvgIpc) is 2.38. The van der Waals surface area contributed by atoms with Crippen LogP contribution < -0.4 is 10.6 Å². The predicted octanol–water partition coefficient (Wildman–Crippen LogP) is 3.06. The van der Waals surface area contributed by atoms with Crippen LogP contribution in [-0.4, -0.2) is 36.0 Å². The van der Waals surface area contributed by atoms with E-state index in [0.29, 0.717) is 0 Å². The molecule has 116 valence electrons. The first-order valence-corrected chi connectivity index (χ1v) is 5.75. The first-order chi connectivity index (χ1) is 9.63. The fourth-order valence-corrected chi connectivity index (χ4v) is 1.42. The molecule has 0 heterocycles. The summed E-state index contributed by atoms with van der Waals surface area (Å²) in [6.07, 6.45) is -3.93. The van der Waals surface area contributed by atoms with E-state index in [0.717, 1.165) is 12.1 Å². The smallest absolute Gasteiger partial charge is 0.337 e. The molecule has 2 amide bonds. The minimum Gasteiger partial charge on any atom is -0.478 e. The molecule has 0 unspecified atom stereocenters. The van der Waals surface area contributed by atoms with Crippen LogP contribution in [0.4, 0.5) is 28.0 Å². The van der Waals surface area contributed by atoms with Gasteiger partial charge in [0.2, 0.25) is 0 Å². The number of amides is 2. The summed E-state index contributed by atoms with van der Waals surface area (Å²) < 4.78 is 49.0. The highest BCUT2D eigenvalue weighted by atomic mass is 35.5. The molecular formula is C11H9ClF4N2O3. The largest absolute Gasteiger partial charge is 0.478 e. The SMILES string of the molecule is O=C(NCC(F)(F)C(F)F)Nc1ccc(Cl)cc1C(=O)O. The number of carbonyl (C=O) groups excluding carboxylic acids is 1. The molecule has 0 aromatic heterocycles. The number of carboxylic acid groups (broad SMARTS) is 1. The van der Waals surface area contributed by atoms with Crippen LogP contribution in [0.2, 0.25) is 5.02 Å². The number of rotatable bonds is 5. The number of hydrogen-bond donors (Lipinski definition) is 3. The maximum atomic E-state index is 12.6. The summed E-state index contributed by atoms with van der Waals surface area (Å²) in [5.74, 6) is -5.79. The number of hydrogen-bond acceptors (Lipinski definition) is 2. The zero-order valence-electron chi connectivity index (χ0n) is 10.2. The normalized spacial score (nSPS) is 11.3. The van der Waals surface area contributed by atoms with Crippen LogP contribution in [0.3, 0.4) is 0 Å². The van der Waals surface area contributed by atoms with Crippen molar-refractivity contribution in [1.29, 1.82) is 0 Å². The summed E-state index contributed by atoms with van der Waals surface area (Å²) in [6.45, 7) is -1.59. The van der Waals surface area contributed by atoms with Gasteiger partial charge in [0.05, 0.1) is 17.8 Å². The molecule has 1 rings (SSSR count). The van der Waals surface area contributed by atoms with Gasteiger partial charge in [-0.25, -0.2) is 18.4 Å². The highest BCUT2D eigenvalue weighted by Crippen LogP contribution is 2.22. The number of halogens is 5. The van der Waals surface area contributed by atoms with Crippen LogP contribution in [0, 0.1) is 0 Å². The maximum Gasteiger partial charge on any atom is 0.337 e. The summed E-state index contributed by atoms with van der Waals surface area (Å²) >= 11 is 5.58. The molecule has 0 fully saturated rings. The summed E-state index contributed by atoms with van der Waals surface area (Å²) in [6, 6.07) is 2.18. The van der Waals surface area contributed by atoms with Gasteiger partial charge in [0.25, 0.3) is 0 Å². The van der Waals surface area contributed by atoms with Crippen molar-refractivity contribution in [3.05, 3.63) is 28.8 Å². The number of benzene rings is 1. The lowest BCUT2D eigenvalue weighted by Crippen LogP contribution is -2.43. The Bertz CT molecular complexity index is 554. The van der Waals surface area contributed by atoms with Crippen molar-refractivity contribution in [3.63, 3.8) is 0 Å². The lowest BCUT2D eigenvalue weighted by molar-refractivity contribution is -0.123. The lowest BCUT2D eigenvalue weighted by atomic mass is 10.2. The van der Waals surface area contributed by atoms with E-state index in [1.54, 1.807) is 0 Å². The van der Waals surface area contributed by atoms with Gasteiger partial charge < -0.3 is 15.7 Å². The second kappa shape index (κ2) is 6.61. The summed E-state index contributed by atoms with van der Waals surface area (Å²) in [7, 11) is 0. The average molecular weight is 329 g/mol. The number of aromatic carboxylic acids is 1. The van der Waals surface area contributed by atoms with Gasteiger partial charge in [-0.1, -0.05) is 11.6 Å². The van der Waals surface area contributed by atoms with Gasteiger partial charge in [-0.2, -0.15) is 8.78 Å². The van der Waals surface area contributed by atoms with Gasteiger partial charge >= 0.3 is 24.3 Å². The standard InChI is InChI=1S/C11H9ClF4N2O3/c12-5-1-2-7(6(3-5)8(19)20)18-10(21)17-4-11(15,16)9(13)14/h1-3,9H,4H2,(H,19,20)(H2,17,18,21). The fraction of sp³-hybridized carbons (Fsp3) is 0.273. The van der Waals surface area contributed by atoms with E-state index < -0.39 is 30.9 Å². The molecular weight excluding hydrogens is 320 g/mol. The molecule has 0 aliphatic heterocycles. The maximum absolute atomic E-state index is 12.6. The van der Waals surface area contributed by atoms with Crippen LogP contribution in [0.25, 0.3) is 0 Å². The van der Waals surface area contributed by atoms with Gasteiger partial charge in [0.15, 0.2) is 0 Å². The van der Waals surface area contributed by atoms with Crippen LogP contribution in [0.5, 0.6) is 0 Å². The van der Waals surface area contributed by atoms with E-state index in [1.165, 1.54) is 11.4 Å². The van der Waals surface area contributed by atoms with Crippen molar-refractivity contribution in [3.8, 4) is 0 Å². The Morgan fingerprint density at radius 2 is 1.95 bits per heavy atom. The van der Waals surface area contributed by atoms with E-state index in [9.17, 15) is 27.2 Å². The Morgan fingerprint density at radius 1 is 1.33 bits per heavy atom. The Hall–Kier alpha value is -2.03. The third-order valence-corrected chi connectivity index (χ3v) is 2.50. The molecule has 1 aromatic carbocycles. The number of nitrogens with one attached hydrogen (secondary N) is 2. The van der Waals surface area contributed by atoms with Crippen molar-refractivity contribution in [2.75, 3.05) is 11.9 Å². The molecule has 0 aliphatic carbocycles. The van der Waals surface area contributed by atoms with Crippen LogP contribution in [0.1, 0.15) is 10.4 Å². The van der Waals surface area contributed by atoms with Crippen LogP contribution >= 0.6 is 11.6 Å². The molecule has 0 saturated heterocycles. The zero-order chi connectivity index (χ0) is 16.2. The van der Waals surface area contributed by atoms with Gasteiger partial charge in [0, 0.05) is 5.02 Å². The van der Waals surface area contributed by atoms with Crippen molar-refractivity contribution in [2.45, 2.75) is 12.3 Å². The third-order valence-electron chi connectivity index (χ3n) is 2.26. The summed E-state index contributed by atoms with van der Waals surface area (Å²) in [5, 5.41) is 12.5. The minimum atomic E-state index is -4.38. The molecule has 0 spiro atoms. The topological polar surface area (TPSA) is 78.4 Å². The van der Waals surface area contributed by atoms with Gasteiger partial charge in [-0.05, 0) is 18.2 Å². The molecule has 0 aliphatic rings. The molecule has 0 radical (unpaired) electrons. The van der Waals surface area contributed by atoms with Crippen molar-refractivity contribution >= 4 is 29.3 Å². The molecule has 0 bridgehead atoms. The highest BCUT2D eigenvalue weighted by molar-refractivity contribution is 6.31. The van der Waals surface area contributed by atoms with E-state index in [2.05, 4.69) is 0 Å². The van der Waals surface area contributed by atoms with Crippen molar-refractivity contribution in [1.82, 2.24) is 5.32 Å². The van der Waals surface area contributed by atoms with Crippen molar-refractivity contribution < 1.29 is 32.3 Å². The molecule has 3 N–H and O–H groups in total. The summed E-state index contributed by atoms with van der Waals surface area (Å²) in [5.41, 5.74) is -0.594. The van der Waals surface area contributed by atoms with E-state index in [1.807, 2.05) is 5.32 Å². The fourth-order valence-electron chi connectivity index (χ4n) is 1.24. The Balaban J connectivity index is 2.74. The number of carbonyl (C=O) groups is 2. The highest BCUT2D eigenvalue weighted by Gasteiger charge is 2.40. The third kappa shape index (κ3) is 4.78. The predicted molar refractivity (Wildman–Crippen MR) is 66.4 cm³/mol. The summed E-state index contributed by atoms with van der Waals surface area (Å²) in [4.78, 5) is 22.2. The molecule has 0 atom stereocenters. The monoisotopic (exact) mass is 328 g/mol. The Kier molecular flexibility index (Phi) is 5.36. The number of alkyl halides is 4. The minimum absolute atomic E-state index is 0.0857. The zero-order valence-corrected chi connectivity index (χ0v) is 10.9. The Morgan fingerprint density at radius 3 is 2.48 bits per heavy atom. The van der Waals surface area contributed by atoms with Gasteiger partial charge in [-0.15, -0.1) is 0 Å². The van der Waals surface area contributed by atoms with Gasteiger partial charge in [-0.3, -0.25) is 0 Å². The second-order valence-electron chi connectivity index (χ2n) is 3.86. The quantitative estimate of drug-likeness (QED) is 0.727. The molecule has 0 saturated carbocycles. The van der Waals surface area contributed by atoms with Crippen LogP contribution in [0.15, 0.2) is 18.2 Å². The van der Waals surface area contributed by atoms with Gasteiger partial charge in [0.1, 0.15) is 0 Å². The second-order valence-corrected chi connectivity index (χ2v) is 4.30. The lowest BCUT2D eigenvalue weighted by Gasteiger charge is -2.16. The molecule has 5 nitrogen and oxygen atoms in total.